The van der Waals surface area contributed by atoms with Gasteiger partial charge in [-0.05, 0) is 38.1 Å². The smallest absolute Gasteiger partial charge is 1.00 e. The van der Waals surface area contributed by atoms with E-state index < -0.39 is 10.0 Å². The second-order valence-electron chi connectivity index (χ2n) is 4.12. The van der Waals surface area contributed by atoms with Crippen molar-refractivity contribution in [2.24, 2.45) is 0 Å². The number of aromatic nitrogens is 2. The van der Waals surface area contributed by atoms with Gasteiger partial charge in [0.15, 0.2) is 0 Å². The van der Waals surface area contributed by atoms with Crippen molar-refractivity contribution in [3.8, 4) is 0 Å². The van der Waals surface area contributed by atoms with E-state index in [2.05, 4.69) is 14.7 Å². The zero-order chi connectivity index (χ0) is 14.0. The number of nitrogens with zero attached hydrogens (tertiary/aromatic N) is 2. The molecule has 8 heteroatoms. The van der Waals surface area contributed by atoms with Gasteiger partial charge in [0.05, 0.1) is 4.90 Å². The van der Waals surface area contributed by atoms with Gasteiger partial charge in [-0.1, -0.05) is 0 Å². The van der Waals surface area contributed by atoms with Crippen LogP contribution in [0.5, 0.6) is 0 Å². The van der Waals surface area contributed by atoms with Crippen molar-refractivity contribution in [3.05, 3.63) is 41.9 Å². The summed E-state index contributed by atoms with van der Waals surface area (Å²) in [6.45, 7) is 3.48. The van der Waals surface area contributed by atoms with E-state index >= 15 is 0 Å². The van der Waals surface area contributed by atoms with Crippen LogP contribution in [0.2, 0.25) is 0 Å². The standard InChI is InChI=1S/C12H14N4O2S.Na.H/c1-8-7-12(15-9(2)14-8)16-19(17,18)11-5-3-10(13)4-6-11;;/h3-7H,13H2,1-2H3,(H,14,15,16);;/q;+1;-1. The largest absolute Gasteiger partial charge is 1.00 e. The topological polar surface area (TPSA) is 98.0 Å². The summed E-state index contributed by atoms with van der Waals surface area (Å²) in [5.41, 5.74) is 6.73. The average Bonchev–Trinajstić information content (AvgIpc) is 2.27. The zero-order valence-electron chi connectivity index (χ0n) is 12.6. The molecule has 2 rings (SSSR count). The minimum atomic E-state index is -3.66. The maximum absolute atomic E-state index is 12.1. The predicted molar refractivity (Wildman–Crippen MR) is 74.3 cm³/mol. The summed E-state index contributed by atoms with van der Waals surface area (Å²) in [6, 6.07) is 7.52. The molecular formula is C12H15N4NaO2S. The van der Waals surface area contributed by atoms with E-state index in [0.717, 1.165) is 0 Å². The van der Waals surface area contributed by atoms with E-state index in [0.29, 0.717) is 17.2 Å². The first kappa shape index (κ1) is 16.9. The molecule has 1 aromatic carbocycles. The van der Waals surface area contributed by atoms with Gasteiger partial charge in [-0.2, -0.15) is 0 Å². The van der Waals surface area contributed by atoms with Gasteiger partial charge in [-0.15, -0.1) is 0 Å². The maximum Gasteiger partial charge on any atom is 1.00 e. The maximum atomic E-state index is 12.1. The summed E-state index contributed by atoms with van der Waals surface area (Å²) in [6.07, 6.45) is 0. The third kappa shape index (κ3) is 4.17. The molecule has 3 N–H and O–H groups in total. The number of hydrogen-bond donors (Lipinski definition) is 2. The molecule has 0 atom stereocenters. The molecule has 1 aromatic heterocycles. The molecule has 0 aliphatic rings. The number of benzene rings is 1. The molecule has 0 fully saturated rings. The fourth-order valence-corrected chi connectivity index (χ4v) is 2.60. The number of rotatable bonds is 3. The van der Waals surface area contributed by atoms with Crippen LogP contribution in [0, 0.1) is 13.8 Å². The van der Waals surface area contributed by atoms with Gasteiger partial charge in [0.1, 0.15) is 11.6 Å². The van der Waals surface area contributed by atoms with Gasteiger partial charge in [0, 0.05) is 17.4 Å². The van der Waals surface area contributed by atoms with Crippen LogP contribution < -0.4 is 40.0 Å². The fourth-order valence-electron chi connectivity index (χ4n) is 1.61. The van der Waals surface area contributed by atoms with E-state index in [1.165, 1.54) is 24.3 Å². The molecule has 0 bridgehead atoms. The molecule has 1 heterocycles. The van der Waals surface area contributed by atoms with Gasteiger partial charge in [0.25, 0.3) is 10.0 Å². The summed E-state index contributed by atoms with van der Waals surface area (Å²) >= 11 is 0. The minimum absolute atomic E-state index is 0. The number of anilines is 2. The number of nitrogen functional groups attached to an aromatic ring is 1. The third-order valence-electron chi connectivity index (χ3n) is 2.40. The normalized spacial score (nSPS) is 10.7. The summed E-state index contributed by atoms with van der Waals surface area (Å²) < 4.78 is 26.7. The summed E-state index contributed by atoms with van der Waals surface area (Å²) in [7, 11) is -3.66. The van der Waals surface area contributed by atoms with E-state index in [9.17, 15) is 8.42 Å². The molecule has 0 radical (unpaired) electrons. The van der Waals surface area contributed by atoms with Gasteiger partial charge in [0.2, 0.25) is 0 Å². The SMILES string of the molecule is Cc1cc(NS(=O)(=O)c2ccc(N)cc2)nc(C)n1.[H-].[Na+]. The van der Waals surface area contributed by atoms with Crippen LogP contribution in [-0.2, 0) is 10.0 Å². The Morgan fingerprint density at radius 3 is 2.30 bits per heavy atom. The second-order valence-corrected chi connectivity index (χ2v) is 5.80. The number of nitrogens with two attached hydrogens (primary N) is 1. The van der Waals surface area contributed by atoms with Crippen LogP contribution in [-0.4, -0.2) is 18.4 Å². The monoisotopic (exact) mass is 302 g/mol. The summed E-state index contributed by atoms with van der Waals surface area (Å²) in [4.78, 5) is 8.26. The van der Waals surface area contributed by atoms with Crippen molar-refractivity contribution in [3.63, 3.8) is 0 Å². The Morgan fingerprint density at radius 1 is 1.15 bits per heavy atom. The first-order chi connectivity index (χ1) is 8.87. The Hall–Kier alpha value is -1.15. The minimum Gasteiger partial charge on any atom is -1.00 e. The average molecular weight is 302 g/mol. The van der Waals surface area contributed by atoms with E-state index in [1.807, 2.05) is 0 Å². The van der Waals surface area contributed by atoms with Crippen LogP contribution in [0.1, 0.15) is 12.9 Å². The summed E-state index contributed by atoms with van der Waals surface area (Å²) in [5.74, 6) is 0.761. The first-order valence-electron chi connectivity index (χ1n) is 5.57. The molecule has 0 unspecified atom stereocenters. The summed E-state index contributed by atoms with van der Waals surface area (Å²) in [5, 5.41) is 0. The van der Waals surface area contributed by atoms with Gasteiger partial charge >= 0.3 is 29.6 Å². The van der Waals surface area contributed by atoms with Crippen molar-refractivity contribution in [2.75, 3.05) is 10.5 Å². The molecule has 102 valence electrons. The van der Waals surface area contributed by atoms with Crippen molar-refractivity contribution >= 4 is 21.5 Å². The van der Waals surface area contributed by atoms with Crippen molar-refractivity contribution in [2.45, 2.75) is 18.7 Å². The van der Waals surface area contributed by atoms with Crippen LogP contribution in [0.25, 0.3) is 0 Å². The van der Waals surface area contributed by atoms with Crippen molar-refractivity contribution in [1.82, 2.24) is 9.97 Å². The van der Waals surface area contributed by atoms with Crippen LogP contribution in [0.4, 0.5) is 11.5 Å². The molecular weight excluding hydrogens is 287 g/mol. The molecule has 0 saturated carbocycles. The van der Waals surface area contributed by atoms with Crippen LogP contribution >= 0.6 is 0 Å². The number of nitrogens with one attached hydrogen (secondary N) is 1. The van der Waals surface area contributed by atoms with Crippen molar-refractivity contribution in [1.29, 1.82) is 0 Å². The van der Waals surface area contributed by atoms with Gasteiger partial charge < -0.3 is 7.16 Å². The molecule has 0 amide bonds. The van der Waals surface area contributed by atoms with E-state index in [4.69, 9.17) is 5.73 Å². The first-order valence-corrected chi connectivity index (χ1v) is 7.06. The molecule has 6 nitrogen and oxygen atoms in total. The number of hydrogen-bond acceptors (Lipinski definition) is 5. The number of aryl methyl sites for hydroxylation is 2. The van der Waals surface area contributed by atoms with Gasteiger partial charge in [-0.3, -0.25) is 4.72 Å². The third-order valence-corrected chi connectivity index (χ3v) is 3.77. The quantitative estimate of drug-likeness (QED) is 0.536. The predicted octanol–water partition coefficient (Wildman–Crippen LogP) is -1.41. The van der Waals surface area contributed by atoms with Gasteiger partial charge in [-0.25, -0.2) is 18.4 Å². The second kappa shape index (κ2) is 6.53. The molecule has 20 heavy (non-hydrogen) atoms. The van der Waals surface area contributed by atoms with E-state index in [1.54, 1.807) is 19.9 Å². The Morgan fingerprint density at radius 2 is 1.75 bits per heavy atom. The Balaban J connectivity index is 0.00000200. The van der Waals surface area contributed by atoms with Crippen molar-refractivity contribution < 1.29 is 39.4 Å². The fraction of sp³-hybridized carbons (Fsp3) is 0.167. The molecule has 0 spiro atoms. The Bertz CT molecular complexity index is 687. The number of sulfonamides is 1. The van der Waals surface area contributed by atoms with Crippen LogP contribution in [0.15, 0.2) is 35.2 Å². The van der Waals surface area contributed by atoms with E-state index in [-0.39, 0.29) is 41.7 Å². The molecule has 0 aliphatic carbocycles. The molecule has 0 saturated heterocycles. The Kier molecular flexibility index (Phi) is 5.52. The molecule has 0 aliphatic heterocycles. The Labute approximate surface area is 141 Å². The molecule has 2 aromatic rings. The van der Waals surface area contributed by atoms with Crippen LogP contribution in [0.3, 0.4) is 0 Å². The zero-order valence-corrected chi connectivity index (χ0v) is 14.4.